The summed E-state index contributed by atoms with van der Waals surface area (Å²) in [6.45, 7) is 3.34. The summed E-state index contributed by atoms with van der Waals surface area (Å²) in [5, 5.41) is 12.2. The van der Waals surface area contributed by atoms with Gasteiger partial charge in [0.1, 0.15) is 0 Å². The third-order valence-electron chi connectivity index (χ3n) is 10.2. The van der Waals surface area contributed by atoms with Gasteiger partial charge in [-0.05, 0) is 55.9 Å². The van der Waals surface area contributed by atoms with Crippen molar-refractivity contribution >= 4 is 11.8 Å². The Morgan fingerprint density at radius 1 is 1.05 bits per heavy atom. The molecule has 1 N–H and O–H groups in total. The number of carbonyl (C=O) groups excluding carboxylic acids is 2. The number of hydrogen-bond acceptors (Lipinski definition) is 4. The second-order valence-corrected chi connectivity index (χ2v) is 13.3. The first kappa shape index (κ1) is 27.4. The van der Waals surface area contributed by atoms with Crippen molar-refractivity contribution in [3.63, 3.8) is 0 Å². The van der Waals surface area contributed by atoms with Gasteiger partial charge in [0.25, 0.3) is 11.5 Å². The second-order valence-electron chi connectivity index (χ2n) is 13.3. The van der Waals surface area contributed by atoms with Crippen LogP contribution >= 0.6 is 0 Å². The molecule has 2 atom stereocenters. The molecule has 210 valence electrons. The molecule has 4 fully saturated rings. The van der Waals surface area contributed by atoms with Crippen molar-refractivity contribution in [3.8, 4) is 0 Å². The average molecular weight is 526 g/mol. The third-order valence-corrected chi connectivity index (χ3v) is 10.2. The first-order valence-electron chi connectivity index (χ1n) is 15.1. The van der Waals surface area contributed by atoms with E-state index in [1.54, 1.807) is 35.8 Å². The molecule has 7 nitrogen and oxygen atoms in total. The van der Waals surface area contributed by atoms with Crippen molar-refractivity contribution in [1.29, 1.82) is 0 Å². The van der Waals surface area contributed by atoms with Crippen LogP contribution in [0.3, 0.4) is 0 Å². The lowest BCUT2D eigenvalue weighted by Crippen LogP contribution is -2.62. The van der Waals surface area contributed by atoms with Gasteiger partial charge in [0.15, 0.2) is 0 Å². The van der Waals surface area contributed by atoms with Crippen LogP contribution in [0.2, 0.25) is 0 Å². The molecule has 1 saturated heterocycles. The summed E-state index contributed by atoms with van der Waals surface area (Å²) in [5.74, 6) is 1.09. The maximum absolute atomic E-state index is 13.6. The van der Waals surface area contributed by atoms with Crippen molar-refractivity contribution in [3.05, 3.63) is 33.7 Å². The lowest BCUT2D eigenvalue weighted by atomic mass is 9.65. The standard InChI is InChI=1S/C31H47N3O4/c1-22(17-23-9-5-4-6-10-23)28(36)33-16-15-31(38,30(20-33)13-7-8-14-30)21-34-19-26(29(37)32(2)3)25(18-27(34)35)24-11-12-24/h18-19,22-24,38H,4-17,20-21H2,1-3H3. The van der Waals surface area contributed by atoms with Crippen molar-refractivity contribution in [2.45, 2.75) is 108 Å². The van der Waals surface area contributed by atoms with E-state index in [1.165, 1.54) is 32.1 Å². The Morgan fingerprint density at radius 2 is 1.74 bits per heavy atom. The van der Waals surface area contributed by atoms with Gasteiger partial charge in [0.05, 0.1) is 17.7 Å². The first-order chi connectivity index (χ1) is 18.1. The lowest BCUT2D eigenvalue weighted by Gasteiger charge is -2.53. The van der Waals surface area contributed by atoms with E-state index in [9.17, 15) is 19.5 Å². The van der Waals surface area contributed by atoms with Gasteiger partial charge >= 0.3 is 0 Å². The minimum absolute atomic E-state index is 0.0138. The molecule has 1 aliphatic heterocycles. The van der Waals surface area contributed by atoms with E-state index in [0.717, 1.165) is 50.5 Å². The van der Waals surface area contributed by atoms with Crippen LogP contribution in [0.25, 0.3) is 0 Å². The Labute approximate surface area is 227 Å². The van der Waals surface area contributed by atoms with Crippen LogP contribution in [0.1, 0.15) is 112 Å². The van der Waals surface area contributed by atoms with Gasteiger partial charge in [-0.1, -0.05) is 51.9 Å². The Bertz CT molecular complexity index is 1090. The minimum atomic E-state index is -1.09. The van der Waals surface area contributed by atoms with E-state index >= 15 is 0 Å². The highest BCUT2D eigenvalue weighted by atomic mass is 16.3. The topological polar surface area (TPSA) is 82.8 Å². The van der Waals surface area contributed by atoms with E-state index in [-0.39, 0.29) is 35.8 Å². The molecule has 3 saturated carbocycles. The predicted molar refractivity (Wildman–Crippen MR) is 148 cm³/mol. The summed E-state index contributed by atoms with van der Waals surface area (Å²) < 4.78 is 1.58. The SMILES string of the molecule is CC(CC1CCCCC1)C(=O)N1CCC(O)(Cn2cc(C(=O)N(C)C)c(C3CC3)cc2=O)C2(CCCC2)C1. The van der Waals surface area contributed by atoms with Gasteiger partial charge < -0.3 is 19.5 Å². The lowest BCUT2D eigenvalue weighted by molar-refractivity contribution is -0.163. The van der Waals surface area contributed by atoms with Crippen LogP contribution in [0.15, 0.2) is 17.1 Å². The molecule has 4 aliphatic rings. The zero-order valence-electron chi connectivity index (χ0n) is 23.7. The summed E-state index contributed by atoms with van der Waals surface area (Å²) in [6, 6.07) is 1.63. The fourth-order valence-corrected chi connectivity index (χ4v) is 7.77. The Kier molecular flexibility index (Phi) is 7.78. The summed E-state index contributed by atoms with van der Waals surface area (Å²) in [6.07, 6.45) is 15.3. The van der Waals surface area contributed by atoms with Crippen molar-refractivity contribution < 1.29 is 14.7 Å². The number of hydrogen-bond donors (Lipinski definition) is 1. The summed E-state index contributed by atoms with van der Waals surface area (Å²) in [5.41, 5.74) is -0.226. The molecule has 38 heavy (non-hydrogen) atoms. The van der Waals surface area contributed by atoms with Crippen molar-refractivity contribution in [2.75, 3.05) is 27.2 Å². The van der Waals surface area contributed by atoms with Gasteiger partial charge in [-0.2, -0.15) is 0 Å². The molecule has 5 rings (SSSR count). The maximum Gasteiger partial charge on any atom is 0.255 e. The number of carbonyl (C=O) groups is 2. The molecule has 1 aromatic heterocycles. The summed E-state index contributed by atoms with van der Waals surface area (Å²) >= 11 is 0. The van der Waals surface area contributed by atoms with Crippen molar-refractivity contribution in [1.82, 2.24) is 14.4 Å². The highest BCUT2D eigenvalue weighted by Gasteiger charge is 2.56. The van der Waals surface area contributed by atoms with Gasteiger partial charge in [-0.15, -0.1) is 0 Å². The van der Waals surface area contributed by atoms with E-state index in [4.69, 9.17) is 0 Å². The smallest absolute Gasteiger partial charge is 0.255 e. The van der Waals surface area contributed by atoms with Crippen LogP contribution in [-0.2, 0) is 11.3 Å². The first-order valence-corrected chi connectivity index (χ1v) is 15.1. The Balaban J connectivity index is 1.36. The highest BCUT2D eigenvalue weighted by Crippen LogP contribution is 2.52. The number of likely N-dealkylation sites (tertiary alicyclic amines) is 1. The summed E-state index contributed by atoms with van der Waals surface area (Å²) in [4.78, 5) is 43.4. The number of rotatable bonds is 7. The highest BCUT2D eigenvalue weighted by molar-refractivity contribution is 5.95. The number of pyridine rings is 1. The van der Waals surface area contributed by atoms with Crippen molar-refractivity contribution in [2.24, 2.45) is 17.3 Å². The number of aliphatic hydroxyl groups is 1. The van der Waals surface area contributed by atoms with Crippen LogP contribution in [-0.4, -0.2) is 64.1 Å². The fraction of sp³-hybridized carbons (Fsp3) is 0.774. The second kappa shape index (κ2) is 10.8. The molecular formula is C31H47N3O4. The molecule has 3 aliphatic carbocycles. The molecule has 2 heterocycles. The van der Waals surface area contributed by atoms with E-state index in [2.05, 4.69) is 6.92 Å². The number of nitrogens with zero attached hydrogens (tertiary/aromatic N) is 3. The number of amides is 2. The van der Waals surface area contributed by atoms with Crippen LogP contribution < -0.4 is 5.56 Å². The third kappa shape index (κ3) is 5.32. The van der Waals surface area contributed by atoms with Crippen LogP contribution in [0.4, 0.5) is 0 Å². The quantitative estimate of drug-likeness (QED) is 0.566. The molecule has 7 heteroatoms. The monoisotopic (exact) mass is 525 g/mol. The van der Waals surface area contributed by atoms with E-state index < -0.39 is 11.0 Å². The predicted octanol–water partition coefficient (Wildman–Crippen LogP) is 4.56. The Hall–Kier alpha value is -2.15. The van der Waals surface area contributed by atoms with E-state index in [1.807, 2.05) is 4.90 Å². The van der Waals surface area contributed by atoms with Crippen LogP contribution in [0, 0.1) is 17.3 Å². The normalized spacial score (nSPS) is 26.5. The molecule has 0 aromatic carbocycles. The molecule has 1 aromatic rings. The van der Waals surface area contributed by atoms with Gasteiger partial charge in [0, 0.05) is 50.8 Å². The summed E-state index contributed by atoms with van der Waals surface area (Å²) in [7, 11) is 3.47. The zero-order chi connectivity index (χ0) is 27.1. The van der Waals surface area contributed by atoms with Gasteiger partial charge in [-0.3, -0.25) is 14.4 Å². The Morgan fingerprint density at radius 3 is 2.37 bits per heavy atom. The maximum atomic E-state index is 13.6. The number of piperidine rings is 1. The molecule has 1 spiro atoms. The zero-order valence-corrected chi connectivity index (χ0v) is 23.7. The van der Waals surface area contributed by atoms with Gasteiger partial charge in [0.2, 0.25) is 5.91 Å². The molecule has 2 unspecified atom stereocenters. The largest absolute Gasteiger partial charge is 0.387 e. The fourth-order valence-electron chi connectivity index (χ4n) is 7.77. The van der Waals surface area contributed by atoms with E-state index in [0.29, 0.717) is 31.0 Å². The van der Waals surface area contributed by atoms with Crippen LogP contribution in [0.5, 0.6) is 0 Å². The van der Waals surface area contributed by atoms with Gasteiger partial charge in [-0.25, -0.2) is 0 Å². The molecule has 2 amide bonds. The average Bonchev–Trinajstić information content (AvgIpc) is 3.64. The molecular weight excluding hydrogens is 478 g/mol. The molecule has 0 radical (unpaired) electrons. The number of aromatic nitrogens is 1. The molecule has 0 bridgehead atoms. The minimum Gasteiger partial charge on any atom is -0.387 e.